The number of rotatable bonds is 3. The molecule has 4 rings (SSSR count). The Morgan fingerprint density at radius 2 is 1.28 bits per heavy atom. The summed E-state index contributed by atoms with van der Waals surface area (Å²) in [6, 6.07) is 25.9. The Hall–Kier alpha value is -3.46. The van der Waals surface area contributed by atoms with E-state index in [4.69, 9.17) is 0 Å². The van der Waals surface area contributed by atoms with E-state index in [0.29, 0.717) is 11.1 Å². The van der Waals surface area contributed by atoms with E-state index in [1.54, 1.807) is 30.3 Å². The van der Waals surface area contributed by atoms with Crippen LogP contribution in [0.2, 0.25) is 0 Å². The Morgan fingerprint density at radius 1 is 0.690 bits per heavy atom. The van der Waals surface area contributed by atoms with Crippen molar-refractivity contribution in [3.05, 3.63) is 106 Å². The lowest BCUT2D eigenvalue weighted by Gasteiger charge is -2.09. The molecule has 29 heavy (non-hydrogen) atoms. The van der Waals surface area contributed by atoms with Gasteiger partial charge in [-0.25, -0.2) is 0 Å². The largest absolute Gasteiger partial charge is 0.322 e. The number of H-pyrrole nitrogens is 1. The number of hydrogen-bond acceptors (Lipinski definition) is 2. The van der Waals surface area contributed by atoms with Crippen LogP contribution >= 0.6 is 0 Å². The molecule has 3 nitrogen and oxygen atoms in total. The van der Waals surface area contributed by atoms with E-state index in [-0.39, 0.29) is 11.3 Å². The number of benzene rings is 3. The van der Waals surface area contributed by atoms with Gasteiger partial charge in [0.1, 0.15) is 0 Å². The van der Waals surface area contributed by atoms with Gasteiger partial charge in [0.05, 0.1) is 0 Å². The first-order chi connectivity index (χ1) is 14.2. The second-order valence-electron chi connectivity index (χ2n) is 5.87. The molecule has 0 aliphatic rings. The second kappa shape index (κ2) is 10.8. The van der Waals surface area contributed by atoms with Crippen molar-refractivity contribution in [3.63, 3.8) is 0 Å². The number of carbonyl (C=O) groups excluding carboxylic acids is 1. The molecule has 0 spiro atoms. The van der Waals surface area contributed by atoms with Crippen molar-refractivity contribution in [3.8, 4) is 11.1 Å². The molecule has 0 saturated carbocycles. The Labute approximate surface area is 172 Å². The van der Waals surface area contributed by atoms with Gasteiger partial charge in [0.15, 0.2) is 5.78 Å². The standard InChI is InChI=1S/C22H15NO2.2C2H6/c24-21-14-18(15-7-3-1-4-8-15)19-13-17(11-12-20(19)23-21)22(25)16-9-5-2-6-10-16;2*1-2/h1-14H,(H,23,24);2*1-2H3. The van der Waals surface area contributed by atoms with E-state index >= 15 is 0 Å². The normalized spacial score (nSPS) is 9.66. The fourth-order valence-corrected chi connectivity index (χ4v) is 3.01. The Bertz CT molecular complexity index is 1110. The average molecular weight is 386 g/mol. The lowest BCUT2D eigenvalue weighted by atomic mass is 9.97. The van der Waals surface area contributed by atoms with Gasteiger partial charge in [0.25, 0.3) is 0 Å². The fourth-order valence-electron chi connectivity index (χ4n) is 3.01. The molecule has 0 amide bonds. The number of carbonyl (C=O) groups is 1. The topological polar surface area (TPSA) is 49.9 Å². The molecule has 0 bridgehead atoms. The van der Waals surface area contributed by atoms with Gasteiger partial charge in [-0.3, -0.25) is 9.59 Å². The number of aromatic amines is 1. The number of ketones is 1. The molecule has 1 aromatic heterocycles. The molecule has 1 heterocycles. The maximum Gasteiger partial charge on any atom is 0.249 e. The highest BCUT2D eigenvalue weighted by molar-refractivity contribution is 6.11. The first kappa shape index (κ1) is 21.8. The lowest BCUT2D eigenvalue weighted by molar-refractivity contribution is 0.103. The second-order valence-corrected chi connectivity index (χ2v) is 5.87. The molecule has 3 heteroatoms. The monoisotopic (exact) mass is 385 g/mol. The predicted octanol–water partition coefficient (Wildman–Crippen LogP) is 6.48. The van der Waals surface area contributed by atoms with Crippen molar-refractivity contribution in [2.24, 2.45) is 0 Å². The minimum atomic E-state index is -0.159. The molecular formula is C26H27NO2. The quantitative estimate of drug-likeness (QED) is 0.410. The van der Waals surface area contributed by atoms with Gasteiger partial charge in [-0.05, 0) is 29.3 Å². The molecule has 0 radical (unpaired) electrons. The smallest absolute Gasteiger partial charge is 0.249 e. The summed E-state index contributed by atoms with van der Waals surface area (Å²) in [6.45, 7) is 8.00. The Kier molecular flexibility index (Phi) is 8.11. The summed E-state index contributed by atoms with van der Waals surface area (Å²) in [6.07, 6.45) is 0. The zero-order chi connectivity index (χ0) is 21.2. The highest BCUT2D eigenvalue weighted by atomic mass is 16.1. The van der Waals surface area contributed by atoms with Crippen LogP contribution in [0, 0.1) is 0 Å². The summed E-state index contributed by atoms with van der Waals surface area (Å²) in [5, 5.41) is 0.854. The molecule has 0 unspecified atom stereocenters. The van der Waals surface area contributed by atoms with Crippen LogP contribution in [0.5, 0.6) is 0 Å². The molecule has 4 aromatic rings. The highest BCUT2D eigenvalue weighted by Crippen LogP contribution is 2.27. The van der Waals surface area contributed by atoms with Crippen LogP contribution in [0.15, 0.2) is 89.7 Å². The zero-order valence-corrected chi connectivity index (χ0v) is 17.4. The van der Waals surface area contributed by atoms with Gasteiger partial charge in [-0.1, -0.05) is 88.4 Å². The van der Waals surface area contributed by atoms with E-state index in [2.05, 4.69) is 4.98 Å². The minimum absolute atomic E-state index is 0.0345. The van der Waals surface area contributed by atoms with Crippen LogP contribution in [0.4, 0.5) is 0 Å². The summed E-state index contributed by atoms with van der Waals surface area (Å²) in [4.78, 5) is 27.6. The number of aromatic nitrogens is 1. The van der Waals surface area contributed by atoms with E-state index < -0.39 is 0 Å². The number of fused-ring (bicyclic) bond motifs is 1. The molecule has 0 aliphatic heterocycles. The average Bonchev–Trinajstić information content (AvgIpc) is 2.81. The van der Waals surface area contributed by atoms with E-state index in [1.807, 2.05) is 82.3 Å². The van der Waals surface area contributed by atoms with Crippen molar-refractivity contribution in [2.45, 2.75) is 27.7 Å². The SMILES string of the molecule is CC.CC.O=C(c1ccccc1)c1ccc2[nH]c(=O)cc(-c3ccccc3)c2c1. The number of hydrogen-bond donors (Lipinski definition) is 1. The van der Waals surface area contributed by atoms with Gasteiger partial charge < -0.3 is 4.98 Å². The molecule has 3 aromatic carbocycles. The maximum absolute atomic E-state index is 12.7. The third kappa shape index (κ3) is 5.08. The van der Waals surface area contributed by atoms with Crippen molar-refractivity contribution in [2.75, 3.05) is 0 Å². The summed E-state index contributed by atoms with van der Waals surface area (Å²) < 4.78 is 0. The Balaban J connectivity index is 0.000000707. The van der Waals surface area contributed by atoms with Gasteiger partial charge in [-0.15, -0.1) is 0 Å². The van der Waals surface area contributed by atoms with Crippen molar-refractivity contribution in [1.29, 1.82) is 0 Å². The van der Waals surface area contributed by atoms with Gasteiger partial charge >= 0.3 is 0 Å². The van der Waals surface area contributed by atoms with Crippen molar-refractivity contribution < 1.29 is 4.79 Å². The summed E-state index contributed by atoms with van der Waals surface area (Å²) in [7, 11) is 0. The fraction of sp³-hybridized carbons (Fsp3) is 0.154. The summed E-state index contributed by atoms with van der Waals surface area (Å²) in [5.41, 5.74) is 3.57. The molecule has 0 saturated heterocycles. The van der Waals surface area contributed by atoms with Crippen LogP contribution in [-0.2, 0) is 0 Å². The third-order valence-corrected chi connectivity index (χ3v) is 4.23. The first-order valence-electron chi connectivity index (χ1n) is 10.0. The van der Waals surface area contributed by atoms with Gasteiger partial charge in [0.2, 0.25) is 5.56 Å². The number of nitrogens with one attached hydrogen (secondary N) is 1. The molecule has 0 aliphatic carbocycles. The van der Waals surface area contributed by atoms with Crippen LogP contribution in [0.25, 0.3) is 22.0 Å². The lowest BCUT2D eigenvalue weighted by Crippen LogP contribution is -2.06. The van der Waals surface area contributed by atoms with E-state index in [0.717, 1.165) is 22.0 Å². The Morgan fingerprint density at radius 3 is 1.90 bits per heavy atom. The molecule has 0 atom stereocenters. The zero-order valence-electron chi connectivity index (χ0n) is 17.4. The van der Waals surface area contributed by atoms with Crippen LogP contribution in [0.3, 0.4) is 0 Å². The third-order valence-electron chi connectivity index (χ3n) is 4.23. The molecule has 1 N–H and O–H groups in total. The van der Waals surface area contributed by atoms with Crippen LogP contribution < -0.4 is 5.56 Å². The van der Waals surface area contributed by atoms with Crippen molar-refractivity contribution in [1.82, 2.24) is 4.98 Å². The van der Waals surface area contributed by atoms with E-state index in [1.165, 1.54) is 0 Å². The highest BCUT2D eigenvalue weighted by Gasteiger charge is 2.12. The summed E-state index contributed by atoms with van der Waals surface area (Å²) >= 11 is 0. The van der Waals surface area contributed by atoms with Gasteiger partial charge in [-0.2, -0.15) is 0 Å². The van der Waals surface area contributed by atoms with Crippen LogP contribution in [0.1, 0.15) is 43.6 Å². The minimum Gasteiger partial charge on any atom is -0.322 e. The predicted molar refractivity (Wildman–Crippen MR) is 123 cm³/mol. The van der Waals surface area contributed by atoms with Crippen molar-refractivity contribution >= 4 is 16.7 Å². The molecule has 148 valence electrons. The molecular weight excluding hydrogens is 358 g/mol. The maximum atomic E-state index is 12.7. The van der Waals surface area contributed by atoms with E-state index in [9.17, 15) is 9.59 Å². The van der Waals surface area contributed by atoms with Crippen LogP contribution in [-0.4, -0.2) is 10.8 Å². The molecule has 0 fully saturated rings. The number of pyridine rings is 1. The summed E-state index contributed by atoms with van der Waals surface area (Å²) in [5.74, 6) is -0.0345. The first-order valence-corrected chi connectivity index (χ1v) is 10.0. The van der Waals surface area contributed by atoms with Gasteiger partial charge in [0, 0.05) is 28.1 Å².